The summed E-state index contributed by atoms with van der Waals surface area (Å²) in [7, 11) is 0. The standard InChI is InChI=1S/C15H16N2O2/c1-3-16-15(19)12-6-9-14(18)17(10-12)13-7-4-11(2)5-8-13/h4-10H,3H2,1-2H3,(H,16,19). The Labute approximate surface area is 111 Å². The monoisotopic (exact) mass is 256 g/mol. The maximum absolute atomic E-state index is 11.9. The first-order valence-electron chi connectivity index (χ1n) is 6.20. The average Bonchev–Trinajstić information content (AvgIpc) is 2.41. The number of carbonyl (C=O) groups is 1. The molecule has 1 aromatic carbocycles. The minimum Gasteiger partial charge on any atom is -0.352 e. The van der Waals surface area contributed by atoms with Gasteiger partial charge in [0.1, 0.15) is 0 Å². The van der Waals surface area contributed by atoms with E-state index >= 15 is 0 Å². The maximum Gasteiger partial charge on any atom is 0.255 e. The predicted molar refractivity (Wildman–Crippen MR) is 74.8 cm³/mol. The molecule has 2 rings (SSSR count). The molecule has 0 atom stereocenters. The number of carbonyl (C=O) groups excluding carboxylic acids is 1. The number of aromatic nitrogens is 1. The van der Waals surface area contributed by atoms with E-state index in [0.717, 1.165) is 11.3 Å². The number of nitrogens with zero attached hydrogens (tertiary/aromatic N) is 1. The summed E-state index contributed by atoms with van der Waals surface area (Å²) in [4.78, 5) is 23.6. The van der Waals surface area contributed by atoms with Crippen molar-refractivity contribution in [2.24, 2.45) is 0 Å². The molecule has 0 bridgehead atoms. The van der Waals surface area contributed by atoms with Gasteiger partial charge in [-0.05, 0) is 32.0 Å². The van der Waals surface area contributed by atoms with E-state index in [1.165, 1.54) is 16.7 Å². The second kappa shape index (κ2) is 5.52. The molecule has 2 aromatic rings. The van der Waals surface area contributed by atoms with Gasteiger partial charge in [0, 0.05) is 24.5 Å². The van der Waals surface area contributed by atoms with Crippen molar-refractivity contribution in [1.29, 1.82) is 0 Å². The predicted octanol–water partition coefficient (Wildman–Crippen LogP) is 1.90. The van der Waals surface area contributed by atoms with Gasteiger partial charge in [-0.25, -0.2) is 0 Å². The molecule has 0 unspecified atom stereocenters. The summed E-state index contributed by atoms with van der Waals surface area (Å²) in [5.74, 6) is -0.177. The molecule has 4 nitrogen and oxygen atoms in total. The summed E-state index contributed by atoms with van der Waals surface area (Å²) in [5.41, 5.74) is 2.19. The summed E-state index contributed by atoms with van der Waals surface area (Å²) in [6.07, 6.45) is 1.57. The van der Waals surface area contributed by atoms with E-state index in [1.807, 2.05) is 38.1 Å². The molecule has 0 aliphatic carbocycles. The normalized spacial score (nSPS) is 10.2. The van der Waals surface area contributed by atoms with E-state index in [0.29, 0.717) is 12.1 Å². The van der Waals surface area contributed by atoms with Crippen molar-refractivity contribution in [2.45, 2.75) is 13.8 Å². The summed E-state index contributed by atoms with van der Waals surface area (Å²) in [6, 6.07) is 10.5. The quantitative estimate of drug-likeness (QED) is 0.911. The van der Waals surface area contributed by atoms with Gasteiger partial charge in [-0.3, -0.25) is 14.2 Å². The van der Waals surface area contributed by atoms with Crippen molar-refractivity contribution in [2.75, 3.05) is 6.54 Å². The van der Waals surface area contributed by atoms with Crippen LogP contribution in [0.3, 0.4) is 0 Å². The summed E-state index contributed by atoms with van der Waals surface area (Å²) < 4.78 is 1.48. The van der Waals surface area contributed by atoms with Crippen LogP contribution in [0.2, 0.25) is 0 Å². The first-order chi connectivity index (χ1) is 9.11. The first-order valence-corrected chi connectivity index (χ1v) is 6.20. The molecule has 0 radical (unpaired) electrons. The smallest absolute Gasteiger partial charge is 0.255 e. The Morgan fingerprint density at radius 2 is 1.84 bits per heavy atom. The Kier molecular flexibility index (Phi) is 3.80. The number of amides is 1. The molecule has 4 heteroatoms. The first kappa shape index (κ1) is 13.1. The second-order valence-corrected chi connectivity index (χ2v) is 4.32. The van der Waals surface area contributed by atoms with Crippen LogP contribution in [0.1, 0.15) is 22.8 Å². The van der Waals surface area contributed by atoms with E-state index in [9.17, 15) is 9.59 Å². The fourth-order valence-electron chi connectivity index (χ4n) is 1.79. The number of aryl methyl sites for hydroxylation is 1. The van der Waals surface area contributed by atoms with Gasteiger partial charge in [-0.1, -0.05) is 17.7 Å². The van der Waals surface area contributed by atoms with E-state index in [4.69, 9.17) is 0 Å². The number of hydrogen-bond acceptors (Lipinski definition) is 2. The molecule has 0 aliphatic rings. The lowest BCUT2D eigenvalue weighted by molar-refractivity contribution is 0.0955. The Morgan fingerprint density at radius 3 is 2.47 bits per heavy atom. The van der Waals surface area contributed by atoms with Gasteiger partial charge in [0.2, 0.25) is 0 Å². The van der Waals surface area contributed by atoms with Gasteiger partial charge in [0.15, 0.2) is 0 Å². The number of nitrogens with one attached hydrogen (secondary N) is 1. The van der Waals surface area contributed by atoms with Gasteiger partial charge in [0.25, 0.3) is 11.5 Å². The van der Waals surface area contributed by atoms with Crippen molar-refractivity contribution in [3.63, 3.8) is 0 Å². The van der Waals surface area contributed by atoms with Crippen LogP contribution in [0.4, 0.5) is 0 Å². The molecule has 1 amide bonds. The van der Waals surface area contributed by atoms with Crippen molar-refractivity contribution in [3.05, 3.63) is 64.1 Å². The van der Waals surface area contributed by atoms with Crippen LogP contribution >= 0.6 is 0 Å². The van der Waals surface area contributed by atoms with Crippen LogP contribution < -0.4 is 10.9 Å². The molecule has 1 aromatic heterocycles. The number of rotatable bonds is 3. The van der Waals surface area contributed by atoms with Gasteiger partial charge in [-0.15, -0.1) is 0 Å². The largest absolute Gasteiger partial charge is 0.352 e. The summed E-state index contributed by atoms with van der Waals surface area (Å²) in [5, 5.41) is 2.71. The molecule has 1 N–H and O–H groups in total. The highest BCUT2D eigenvalue weighted by atomic mass is 16.2. The topological polar surface area (TPSA) is 51.1 Å². The van der Waals surface area contributed by atoms with Crippen LogP contribution in [0.5, 0.6) is 0 Å². The molecular weight excluding hydrogens is 240 g/mol. The summed E-state index contributed by atoms with van der Waals surface area (Å²) >= 11 is 0. The third-order valence-electron chi connectivity index (χ3n) is 2.82. The highest BCUT2D eigenvalue weighted by molar-refractivity contribution is 5.93. The lowest BCUT2D eigenvalue weighted by Crippen LogP contribution is -2.25. The van der Waals surface area contributed by atoms with Crippen LogP contribution in [-0.2, 0) is 0 Å². The number of hydrogen-bond donors (Lipinski definition) is 1. The highest BCUT2D eigenvalue weighted by Crippen LogP contribution is 2.08. The lowest BCUT2D eigenvalue weighted by Gasteiger charge is -2.08. The molecular formula is C15H16N2O2. The second-order valence-electron chi connectivity index (χ2n) is 4.32. The molecule has 19 heavy (non-hydrogen) atoms. The van der Waals surface area contributed by atoms with Gasteiger partial charge >= 0.3 is 0 Å². The molecule has 0 fully saturated rings. The van der Waals surface area contributed by atoms with Crippen molar-refractivity contribution in [1.82, 2.24) is 9.88 Å². The zero-order valence-electron chi connectivity index (χ0n) is 11.0. The Bertz CT molecular complexity index is 642. The molecule has 0 aliphatic heterocycles. The number of benzene rings is 1. The summed E-state index contributed by atoms with van der Waals surface area (Å²) in [6.45, 7) is 4.40. The van der Waals surface area contributed by atoms with Crippen molar-refractivity contribution < 1.29 is 4.79 Å². The fraction of sp³-hybridized carbons (Fsp3) is 0.200. The average molecular weight is 256 g/mol. The van der Waals surface area contributed by atoms with Crippen LogP contribution in [0.15, 0.2) is 47.4 Å². The molecule has 1 heterocycles. The zero-order valence-corrected chi connectivity index (χ0v) is 11.0. The highest BCUT2D eigenvalue weighted by Gasteiger charge is 2.07. The molecule has 0 saturated heterocycles. The lowest BCUT2D eigenvalue weighted by atomic mass is 10.2. The minimum absolute atomic E-state index is 0.156. The van der Waals surface area contributed by atoms with E-state index in [2.05, 4.69) is 5.32 Å². The van der Waals surface area contributed by atoms with Crippen LogP contribution in [0.25, 0.3) is 5.69 Å². The Balaban J connectivity index is 2.45. The zero-order chi connectivity index (χ0) is 13.8. The van der Waals surface area contributed by atoms with E-state index in [-0.39, 0.29) is 11.5 Å². The van der Waals surface area contributed by atoms with Gasteiger partial charge in [0.05, 0.1) is 5.56 Å². The van der Waals surface area contributed by atoms with Gasteiger partial charge in [-0.2, -0.15) is 0 Å². The van der Waals surface area contributed by atoms with Crippen molar-refractivity contribution >= 4 is 5.91 Å². The minimum atomic E-state index is -0.177. The van der Waals surface area contributed by atoms with Gasteiger partial charge < -0.3 is 5.32 Å². The Morgan fingerprint density at radius 1 is 1.16 bits per heavy atom. The van der Waals surface area contributed by atoms with E-state index < -0.39 is 0 Å². The molecule has 0 saturated carbocycles. The SMILES string of the molecule is CCNC(=O)c1ccc(=O)n(-c2ccc(C)cc2)c1. The third-order valence-corrected chi connectivity index (χ3v) is 2.82. The Hall–Kier alpha value is -2.36. The van der Waals surface area contributed by atoms with E-state index in [1.54, 1.807) is 6.20 Å². The molecule has 0 spiro atoms. The van der Waals surface area contributed by atoms with Crippen LogP contribution in [0, 0.1) is 6.92 Å². The van der Waals surface area contributed by atoms with Crippen molar-refractivity contribution in [3.8, 4) is 5.69 Å². The third kappa shape index (κ3) is 2.91. The fourth-order valence-corrected chi connectivity index (χ4v) is 1.79. The molecule has 98 valence electrons. The van der Waals surface area contributed by atoms with Crippen LogP contribution in [-0.4, -0.2) is 17.0 Å². The maximum atomic E-state index is 11.9. The number of pyridine rings is 1.